The van der Waals surface area contributed by atoms with Gasteiger partial charge in [-0.3, -0.25) is 14.6 Å². The topological polar surface area (TPSA) is 151 Å². The SMILES string of the molecule is COc1cncc(C(OC)C(=O)NC(CCC(=O)C=[N+]=[N-])C(=O)O)c1. The highest BCUT2D eigenvalue weighted by Crippen LogP contribution is 2.20. The Hall–Kier alpha value is -3.10. The molecule has 0 aliphatic heterocycles. The quantitative estimate of drug-likeness (QED) is 0.342. The molecule has 2 N–H and O–H groups in total. The zero-order valence-electron chi connectivity index (χ0n) is 13.7. The number of Topliss-reactive ketones (excluding diaryl/α,β-unsaturated/α-hetero) is 1. The highest BCUT2D eigenvalue weighted by Gasteiger charge is 2.27. The van der Waals surface area contributed by atoms with E-state index < -0.39 is 29.8 Å². The molecule has 1 heterocycles. The number of nitrogens with one attached hydrogen (secondary N) is 1. The van der Waals surface area contributed by atoms with Crippen LogP contribution in [0.15, 0.2) is 18.5 Å². The van der Waals surface area contributed by atoms with Crippen LogP contribution in [0.1, 0.15) is 24.5 Å². The second-order valence-corrected chi connectivity index (χ2v) is 4.92. The number of pyridine rings is 1. The monoisotopic (exact) mass is 350 g/mol. The van der Waals surface area contributed by atoms with Crippen molar-refractivity contribution in [2.45, 2.75) is 25.0 Å². The molecule has 1 amide bonds. The summed E-state index contributed by atoms with van der Waals surface area (Å²) < 4.78 is 10.1. The van der Waals surface area contributed by atoms with Crippen LogP contribution in [-0.4, -0.2) is 59.0 Å². The van der Waals surface area contributed by atoms with E-state index in [1.54, 1.807) is 0 Å². The van der Waals surface area contributed by atoms with Gasteiger partial charge < -0.3 is 25.4 Å². The van der Waals surface area contributed by atoms with Gasteiger partial charge in [0.05, 0.1) is 13.3 Å². The van der Waals surface area contributed by atoms with Gasteiger partial charge in [-0.2, -0.15) is 4.79 Å². The van der Waals surface area contributed by atoms with Gasteiger partial charge in [0.25, 0.3) is 5.91 Å². The van der Waals surface area contributed by atoms with Crippen molar-refractivity contribution in [3.63, 3.8) is 0 Å². The normalized spacial score (nSPS) is 12.4. The average Bonchev–Trinajstić information content (AvgIpc) is 2.59. The molecule has 0 bridgehead atoms. The van der Waals surface area contributed by atoms with Crippen molar-refractivity contribution in [1.82, 2.24) is 10.3 Å². The molecule has 1 aromatic heterocycles. The van der Waals surface area contributed by atoms with Gasteiger partial charge in [0.2, 0.25) is 5.78 Å². The van der Waals surface area contributed by atoms with E-state index in [0.717, 1.165) is 0 Å². The minimum Gasteiger partial charge on any atom is -0.495 e. The largest absolute Gasteiger partial charge is 0.495 e. The van der Waals surface area contributed by atoms with Crippen molar-refractivity contribution < 1.29 is 33.8 Å². The first-order valence-corrected chi connectivity index (χ1v) is 7.18. The van der Waals surface area contributed by atoms with Gasteiger partial charge in [0.15, 0.2) is 6.10 Å². The summed E-state index contributed by atoms with van der Waals surface area (Å²) in [6.07, 6.45) is 2.04. The molecule has 0 fully saturated rings. The second-order valence-electron chi connectivity index (χ2n) is 4.92. The molecule has 10 heteroatoms. The van der Waals surface area contributed by atoms with Crippen molar-refractivity contribution in [2.75, 3.05) is 14.2 Å². The summed E-state index contributed by atoms with van der Waals surface area (Å²) >= 11 is 0. The van der Waals surface area contributed by atoms with E-state index in [9.17, 15) is 19.5 Å². The van der Waals surface area contributed by atoms with E-state index in [1.807, 2.05) is 0 Å². The van der Waals surface area contributed by atoms with E-state index in [2.05, 4.69) is 15.1 Å². The lowest BCUT2D eigenvalue weighted by atomic mass is 10.1. The fraction of sp³-hybridized carbons (Fsp3) is 0.400. The van der Waals surface area contributed by atoms with E-state index >= 15 is 0 Å². The van der Waals surface area contributed by atoms with Crippen LogP contribution in [0.3, 0.4) is 0 Å². The van der Waals surface area contributed by atoms with Crippen LogP contribution in [0.25, 0.3) is 5.53 Å². The molecule has 2 atom stereocenters. The van der Waals surface area contributed by atoms with Crippen molar-refractivity contribution in [3.05, 3.63) is 29.6 Å². The number of hydrogen-bond acceptors (Lipinski definition) is 6. The van der Waals surface area contributed by atoms with Gasteiger partial charge in [0.1, 0.15) is 11.8 Å². The first-order valence-electron chi connectivity index (χ1n) is 7.18. The van der Waals surface area contributed by atoms with Gasteiger partial charge in [-0.1, -0.05) is 0 Å². The summed E-state index contributed by atoms with van der Waals surface area (Å²) in [5.74, 6) is -2.16. The number of nitrogens with zero attached hydrogens (tertiary/aromatic N) is 3. The molecular weight excluding hydrogens is 332 g/mol. The molecule has 0 radical (unpaired) electrons. The maximum Gasteiger partial charge on any atom is 0.326 e. The van der Waals surface area contributed by atoms with Crippen LogP contribution in [-0.2, 0) is 19.1 Å². The summed E-state index contributed by atoms with van der Waals surface area (Å²) in [6.45, 7) is 0. The number of methoxy groups -OCH3 is 2. The van der Waals surface area contributed by atoms with E-state index in [1.165, 1.54) is 32.7 Å². The van der Waals surface area contributed by atoms with Gasteiger partial charge in [0, 0.05) is 25.3 Å². The van der Waals surface area contributed by atoms with Crippen molar-refractivity contribution >= 4 is 23.9 Å². The third kappa shape index (κ3) is 6.13. The number of carboxylic acids is 1. The first-order chi connectivity index (χ1) is 11.9. The molecule has 10 nitrogen and oxygen atoms in total. The molecule has 25 heavy (non-hydrogen) atoms. The van der Waals surface area contributed by atoms with Crippen LogP contribution in [0.4, 0.5) is 0 Å². The lowest BCUT2D eigenvalue weighted by Crippen LogP contribution is -2.43. The summed E-state index contributed by atoms with van der Waals surface area (Å²) in [7, 11) is 2.73. The van der Waals surface area contributed by atoms with Crippen LogP contribution in [0.5, 0.6) is 5.75 Å². The molecule has 2 unspecified atom stereocenters. The zero-order valence-corrected chi connectivity index (χ0v) is 13.7. The average molecular weight is 350 g/mol. The Morgan fingerprint density at radius 3 is 2.68 bits per heavy atom. The number of ketones is 1. The zero-order chi connectivity index (χ0) is 18.8. The smallest absolute Gasteiger partial charge is 0.326 e. The fourth-order valence-electron chi connectivity index (χ4n) is 2.01. The second kappa shape index (κ2) is 9.91. The van der Waals surface area contributed by atoms with Crippen LogP contribution < -0.4 is 10.1 Å². The standard InChI is InChI=1S/C15H18N4O6/c1-24-11-5-9(6-17-8-11)13(25-2)14(21)19-12(15(22)23)4-3-10(20)7-18-16/h5-8,12-13H,3-4H2,1-2H3,(H,19,21)(H,22,23). The first kappa shape index (κ1) is 19.9. The van der Waals surface area contributed by atoms with Crippen LogP contribution in [0.2, 0.25) is 0 Å². The molecule has 1 aromatic rings. The lowest BCUT2D eigenvalue weighted by molar-refractivity contribution is -0.144. The number of hydrogen-bond donors (Lipinski definition) is 2. The third-order valence-corrected chi connectivity index (χ3v) is 3.24. The Morgan fingerprint density at radius 1 is 1.40 bits per heavy atom. The highest BCUT2D eigenvalue weighted by molar-refractivity contribution is 6.25. The van der Waals surface area contributed by atoms with Crippen molar-refractivity contribution in [1.29, 1.82) is 0 Å². The summed E-state index contributed by atoms with van der Waals surface area (Å²) in [4.78, 5) is 41.4. The molecule has 1 rings (SSSR count). The number of carboxylic acid groups (broad SMARTS) is 1. The number of rotatable bonds is 10. The molecule has 134 valence electrons. The number of ether oxygens (including phenoxy) is 2. The molecule has 0 saturated carbocycles. The lowest BCUT2D eigenvalue weighted by Gasteiger charge is -2.19. The van der Waals surface area contributed by atoms with Gasteiger partial charge >= 0.3 is 12.2 Å². The van der Waals surface area contributed by atoms with E-state index in [4.69, 9.17) is 15.0 Å². The number of aromatic nitrogens is 1. The van der Waals surface area contributed by atoms with Gasteiger partial charge in [-0.25, -0.2) is 4.79 Å². The molecule has 0 aromatic carbocycles. The number of amides is 1. The summed E-state index contributed by atoms with van der Waals surface area (Å²) in [5.41, 5.74) is 8.64. The van der Waals surface area contributed by atoms with Crippen LogP contribution in [0, 0.1) is 0 Å². The summed E-state index contributed by atoms with van der Waals surface area (Å²) in [6, 6.07) is 0.234. The highest BCUT2D eigenvalue weighted by atomic mass is 16.5. The maximum absolute atomic E-state index is 12.3. The third-order valence-electron chi connectivity index (χ3n) is 3.24. The molecule has 0 saturated heterocycles. The predicted molar refractivity (Wildman–Crippen MR) is 84.0 cm³/mol. The van der Waals surface area contributed by atoms with Gasteiger partial charge in [-0.05, 0) is 12.5 Å². The minimum atomic E-state index is -1.31. The molecule has 0 spiro atoms. The Balaban J connectivity index is 2.84. The van der Waals surface area contributed by atoms with Crippen LogP contribution >= 0.6 is 0 Å². The van der Waals surface area contributed by atoms with Crippen molar-refractivity contribution in [3.8, 4) is 5.75 Å². The summed E-state index contributed by atoms with van der Waals surface area (Å²) in [5, 5.41) is 11.5. The van der Waals surface area contributed by atoms with Gasteiger partial charge in [-0.15, -0.1) is 0 Å². The maximum atomic E-state index is 12.3. The van der Waals surface area contributed by atoms with E-state index in [-0.39, 0.29) is 12.8 Å². The minimum absolute atomic E-state index is 0.168. The molecular formula is C15H18N4O6. The number of aliphatic carboxylic acids is 1. The Morgan fingerprint density at radius 2 is 2.12 bits per heavy atom. The Labute approximate surface area is 143 Å². The predicted octanol–water partition coefficient (Wildman–Crippen LogP) is -0.00300. The Kier molecular flexibility index (Phi) is 7.91. The Bertz CT molecular complexity index is 686. The molecule has 0 aliphatic carbocycles. The fourth-order valence-corrected chi connectivity index (χ4v) is 2.01. The number of carbonyl (C=O) groups excluding carboxylic acids is 2. The molecule has 0 aliphatic rings. The van der Waals surface area contributed by atoms with E-state index in [0.29, 0.717) is 17.5 Å². The van der Waals surface area contributed by atoms with Crippen molar-refractivity contribution in [2.24, 2.45) is 0 Å². The number of carbonyl (C=O) groups is 3.